The first-order valence-electron chi connectivity index (χ1n) is 5.81. The van der Waals surface area contributed by atoms with Crippen molar-refractivity contribution >= 4 is 15.8 Å². The highest BCUT2D eigenvalue weighted by atomic mass is 32.2. The third-order valence-corrected chi connectivity index (χ3v) is 4.26. The average Bonchev–Trinajstić information content (AvgIpc) is 2.28. The van der Waals surface area contributed by atoms with Gasteiger partial charge in [-0.3, -0.25) is 4.55 Å². The number of hydrogen-bond donors (Lipinski definition) is 1. The zero-order valence-electron chi connectivity index (χ0n) is 9.52. The van der Waals surface area contributed by atoms with Crippen LogP contribution in [0.2, 0.25) is 0 Å². The maximum Gasteiger partial charge on any atom is 0.294 e. The van der Waals surface area contributed by atoms with Crippen LogP contribution in [-0.4, -0.2) is 13.0 Å². The van der Waals surface area contributed by atoms with Gasteiger partial charge in [-0.05, 0) is 42.5 Å². The van der Waals surface area contributed by atoms with E-state index < -0.39 is 10.1 Å². The fraction of sp³-hybridized carbons (Fsp3) is 0.500. The van der Waals surface area contributed by atoms with Gasteiger partial charge in [0.05, 0.1) is 10.6 Å². The van der Waals surface area contributed by atoms with E-state index in [2.05, 4.69) is 0 Å². The normalized spacial score (nSPS) is 18.2. The van der Waals surface area contributed by atoms with Crippen LogP contribution in [0.15, 0.2) is 23.1 Å². The lowest BCUT2D eigenvalue weighted by Gasteiger charge is -2.23. The van der Waals surface area contributed by atoms with Gasteiger partial charge >= 0.3 is 0 Å². The summed E-state index contributed by atoms with van der Waals surface area (Å²) in [6, 6.07) is 4.30. The van der Waals surface area contributed by atoms with Crippen LogP contribution in [0.5, 0.6) is 0 Å². The SMILES string of the molecule is [NH]c1ccc(S(=O)(=O)O)c(C2CCCCC2)c1. The first-order valence-corrected chi connectivity index (χ1v) is 7.25. The monoisotopic (exact) mass is 254 g/mol. The van der Waals surface area contributed by atoms with Crippen molar-refractivity contribution in [1.82, 2.24) is 5.73 Å². The minimum Gasteiger partial charge on any atom is -0.301 e. The van der Waals surface area contributed by atoms with Crippen LogP contribution in [0.25, 0.3) is 0 Å². The second kappa shape index (κ2) is 4.66. The lowest BCUT2D eigenvalue weighted by atomic mass is 9.84. The van der Waals surface area contributed by atoms with Crippen LogP contribution in [0.4, 0.5) is 5.69 Å². The van der Waals surface area contributed by atoms with E-state index in [0.29, 0.717) is 5.56 Å². The molecule has 5 heteroatoms. The molecule has 1 aromatic carbocycles. The van der Waals surface area contributed by atoms with Crippen LogP contribution in [0.3, 0.4) is 0 Å². The van der Waals surface area contributed by atoms with Gasteiger partial charge in [0.2, 0.25) is 0 Å². The largest absolute Gasteiger partial charge is 0.301 e. The van der Waals surface area contributed by atoms with Crippen molar-refractivity contribution in [3.05, 3.63) is 23.8 Å². The summed E-state index contributed by atoms with van der Waals surface area (Å²) in [6.07, 6.45) is 5.21. The molecule has 17 heavy (non-hydrogen) atoms. The molecule has 1 radical (unpaired) electrons. The molecule has 0 atom stereocenters. The summed E-state index contributed by atoms with van der Waals surface area (Å²) >= 11 is 0. The molecule has 0 amide bonds. The van der Waals surface area contributed by atoms with Gasteiger partial charge in [0.25, 0.3) is 10.1 Å². The molecule has 0 unspecified atom stereocenters. The van der Waals surface area contributed by atoms with E-state index in [4.69, 9.17) is 5.73 Å². The highest BCUT2D eigenvalue weighted by Crippen LogP contribution is 2.36. The minimum absolute atomic E-state index is 0.0274. The predicted molar refractivity (Wildman–Crippen MR) is 64.8 cm³/mol. The lowest BCUT2D eigenvalue weighted by molar-refractivity contribution is 0.434. The van der Waals surface area contributed by atoms with E-state index in [1.54, 1.807) is 6.07 Å². The van der Waals surface area contributed by atoms with Crippen molar-refractivity contribution < 1.29 is 13.0 Å². The number of benzene rings is 1. The molecule has 0 heterocycles. The molecule has 0 aromatic heterocycles. The molecule has 4 nitrogen and oxygen atoms in total. The van der Waals surface area contributed by atoms with E-state index in [0.717, 1.165) is 25.7 Å². The summed E-state index contributed by atoms with van der Waals surface area (Å²) in [4.78, 5) is -0.0274. The van der Waals surface area contributed by atoms with Crippen LogP contribution < -0.4 is 5.73 Å². The Morgan fingerprint density at radius 1 is 1.18 bits per heavy atom. The van der Waals surface area contributed by atoms with Gasteiger partial charge in [0.1, 0.15) is 0 Å². The fourth-order valence-corrected chi connectivity index (χ4v) is 3.28. The molecule has 1 fully saturated rings. The Hall–Kier alpha value is -1.07. The van der Waals surface area contributed by atoms with Crippen LogP contribution in [0, 0.1) is 0 Å². The molecule has 0 bridgehead atoms. The molecular weight excluding hydrogens is 238 g/mol. The summed E-state index contributed by atoms with van der Waals surface area (Å²) in [5, 5.41) is 0. The Labute approximate surface area is 102 Å². The molecule has 0 spiro atoms. The molecule has 1 saturated carbocycles. The highest BCUT2D eigenvalue weighted by Gasteiger charge is 2.23. The molecular formula is C12H16NO3S. The standard InChI is InChI=1S/C12H16NO3S/c13-10-6-7-12(17(14,15)16)11(8-10)9-4-2-1-3-5-9/h6-9,13H,1-5H2,(H,14,15,16). The van der Waals surface area contributed by atoms with Crippen LogP contribution in [-0.2, 0) is 10.1 Å². The van der Waals surface area contributed by atoms with E-state index in [1.807, 2.05) is 0 Å². The van der Waals surface area contributed by atoms with Gasteiger partial charge in [0.15, 0.2) is 0 Å². The zero-order chi connectivity index (χ0) is 12.5. The van der Waals surface area contributed by atoms with Gasteiger partial charge in [-0.1, -0.05) is 19.3 Å². The summed E-state index contributed by atoms with van der Waals surface area (Å²) in [5.74, 6) is 0.158. The van der Waals surface area contributed by atoms with Crippen molar-refractivity contribution in [3.8, 4) is 0 Å². The maximum atomic E-state index is 11.3. The quantitative estimate of drug-likeness (QED) is 0.824. The number of hydrogen-bond acceptors (Lipinski definition) is 2. The van der Waals surface area contributed by atoms with Gasteiger partial charge < -0.3 is 5.73 Å². The van der Waals surface area contributed by atoms with Crippen molar-refractivity contribution in [2.45, 2.75) is 42.9 Å². The lowest BCUT2D eigenvalue weighted by Crippen LogP contribution is -2.10. The van der Waals surface area contributed by atoms with E-state index in [9.17, 15) is 13.0 Å². The molecule has 2 N–H and O–H groups in total. The molecule has 93 valence electrons. The van der Waals surface area contributed by atoms with E-state index in [1.165, 1.54) is 18.6 Å². The number of rotatable bonds is 2. The Balaban J connectivity index is 2.46. The smallest absolute Gasteiger partial charge is 0.294 e. The second-order valence-corrected chi connectivity index (χ2v) is 5.95. The Morgan fingerprint density at radius 2 is 1.82 bits per heavy atom. The molecule has 0 aliphatic heterocycles. The fourth-order valence-electron chi connectivity index (χ4n) is 2.52. The zero-order valence-corrected chi connectivity index (χ0v) is 10.3. The maximum absolute atomic E-state index is 11.3. The van der Waals surface area contributed by atoms with Crippen molar-refractivity contribution in [2.24, 2.45) is 0 Å². The van der Waals surface area contributed by atoms with E-state index in [-0.39, 0.29) is 16.5 Å². The Kier molecular flexibility index (Phi) is 3.40. The van der Waals surface area contributed by atoms with E-state index >= 15 is 0 Å². The third kappa shape index (κ3) is 2.79. The topological polar surface area (TPSA) is 78.2 Å². The first kappa shape index (κ1) is 12.4. The average molecular weight is 254 g/mol. The first-order chi connectivity index (χ1) is 7.98. The van der Waals surface area contributed by atoms with Crippen molar-refractivity contribution in [2.75, 3.05) is 0 Å². The van der Waals surface area contributed by atoms with Crippen LogP contribution >= 0.6 is 0 Å². The highest BCUT2D eigenvalue weighted by molar-refractivity contribution is 7.85. The second-order valence-electron chi connectivity index (χ2n) is 4.56. The van der Waals surface area contributed by atoms with Gasteiger partial charge in [-0.2, -0.15) is 8.42 Å². The molecule has 1 aliphatic rings. The predicted octanol–water partition coefficient (Wildman–Crippen LogP) is 2.90. The minimum atomic E-state index is -4.18. The molecule has 2 rings (SSSR count). The Bertz CT molecular complexity index is 504. The summed E-state index contributed by atoms with van der Waals surface area (Å²) in [5.41, 5.74) is 8.48. The summed E-state index contributed by atoms with van der Waals surface area (Å²) < 4.78 is 31.8. The molecule has 0 saturated heterocycles. The Morgan fingerprint density at radius 3 is 2.41 bits per heavy atom. The van der Waals surface area contributed by atoms with Crippen molar-refractivity contribution in [1.29, 1.82) is 0 Å². The van der Waals surface area contributed by atoms with Gasteiger partial charge in [-0.15, -0.1) is 0 Å². The molecule has 1 aromatic rings. The van der Waals surface area contributed by atoms with Crippen molar-refractivity contribution in [3.63, 3.8) is 0 Å². The van der Waals surface area contributed by atoms with Crippen LogP contribution in [0.1, 0.15) is 43.6 Å². The summed E-state index contributed by atoms with van der Waals surface area (Å²) in [7, 11) is -4.18. The third-order valence-electron chi connectivity index (χ3n) is 3.33. The summed E-state index contributed by atoms with van der Waals surface area (Å²) in [6.45, 7) is 0. The number of nitrogens with one attached hydrogen (secondary N) is 1. The van der Waals surface area contributed by atoms with Gasteiger partial charge in [-0.25, -0.2) is 0 Å². The van der Waals surface area contributed by atoms with Gasteiger partial charge in [0, 0.05) is 0 Å². The molecule has 1 aliphatic carbocycles.